The van der Waals surface area contributed by atoms with Crippen LogP contribution in [0.5, 0.6) is 0 Å². The molecule has 0 spiro atoms. The molecule has 0 fully saturated rings. The average Bonchev–Trinajstić information content (AvgIpc) is 2.61. The summed E-state index contributed by atoms with van der Waals surface area (Å²) in [4.78, 5) is 42.6. The number of nitrogens with two attached hydrogens (primary N) is 1. The fraction of sp³-hybridized carbons (Fsp3) is 0.294. The number of thioether (sulfide) groups is 1. The van der Waals surface area contributed by atoms with Crippen LogP contribution in [0.2, 0.25) is 0 Å². The molecule has 5 N–H and O–H groups in total. The lowest BCUT2D eigenvalue weighted by Crippen LogP contribution is -2.26. The van der Waals surface area contributed by atoms with Gasteiger partial charge in [-0.3, -0.25) is 19.4 Å². The van der Waals surface area contributed by atoms with Crippen molar-refractivity contribution in [2.24, 2.45) is 0 Å². The monoisotopic (exact) mass is 375 g/mol. The van der Waals surface area contributed by atoms with Crippen molar-refractivity contribution in [3.05, 3.63) is 45.7 Å². The van der Waals surface area contributed by atoms with E-state index >= 15 is 0 Å². The number of amides is 2. The molecule has 0 saturated carbocycles. The van der Waals surface area contributed by atoms with Crippen molar-refractivity contribution in [2.45, 2.75) is 25.4 Å². The van der Waals surface area contributed by atoms with Gasteiger partial charge in [0.25, 0.3) is 11.5 Å². The van der Waals surface area contributed by atoms with Crippen molar-refractivity contribution in [3.63, 3.8) is 0 Å². The summed E-state index contributed by atoms with van der Waals surface area (Å²) in [5, 5.41) is 5.41. The van der Waals surface area contributed by atoms with Gasteiger partial charge in [0.1, 0.15) is 5.69 Å². The van der Waals surface area contributed by atoms with Gasteiger partial charge in [-0.05, 0) is 25.5 Å². The highest BCUT2D eigenvalue weighted by Crippen LogP contribution is 2.17. The molecule has 0 saturated heterocycles. The quantitative estimate of drug-likeness (QED) is 0.429. The predicted octanol–water partition coefficient (Wildman–Crippen LogP) is 1.53. The smallest absolute Gasteiger partial charge is 0.277 e. The largest absolute Gasteiger partial charge is 0.382 e. The maximum Gasteiger partial charge on any atom is 0.277 e. The Hall–Kier alpha value is -2.81. The number of hydrogen-bond donors (Lipinski definition) is 4. The Morgan fingerprint density at radius 2 is 1.96 bits per heavy atom. The number of aromatic nitrogens is 2. The first-order valence-corrected chi connectivity index (χ1v) is 9.06. The molecule has 2 amide bonds. The van der Waals surface area contributed by atoms with Crippen LogP contribution in [0.25, 0.3) is 0 Å². The van der Waals surface area contributed by atoms with Gasteiger partial charge < -0.3 is 16.4 Å². The number of rotatable bonds is 7. The zero-order valence-electron chi connectivity index (χ0n) is 14.6. The van der Waals surface area contributed by atoms with E-state index in [0.29, 0.717) is 12.1 Å². The molecule has 8 nitrogen and oxygen atoms in total. The van der Waals surface area contributed by atoms with Gasteiger partial charge in [-0.1, -0.05) is 36.4 Å². The number of nitrogen functional groups attached to an aromatic ring is 1. The maximum atomic E-state index is 12.2. The summed E-state index contributed by atoms with van der Waals surface area (Å²) in [5.41, 5.74) is 6.53. The minimum Gasteiger partial charge on any atom is -0.382 e. The molecule has 0 aliphatic rings. The number of nitrogens with one attached hydrogen (secondary N) is 3. The Bertz CT molecular complexity index is 848. The van der Waals surface area contributed by atoms with Crippen molar-refractivity contribution in [3.8, 4) is 0 Å². The Balaban J connectivity index is 2.06. The molecule has 0 aliphatic carbocycles. The van der Waals surface area contributed by atoms with Gasteiger partial charge >= 0.3 is 0 Å². The minimum atomic E-state index is -0.575. The van der Waals surface area contributed by atoms with E-state index in [1.165, 1.54) is 0 Å². The number of aryl methyl sites for hydroxylation is 1. The second kappa shape index (κ2) is 9.04. The first-order valence-electron chi connectivity index (χ1n) is 8.08. The molecule has 1 heterocycles. The molecular formula is C17H21N5O3S. The molecule has 26 heavy (non-hydrogen) atoms. The van der Waals surface area contributed by atoms with E-state index in [-0.39, 0.29) is 28.3 Å². The van der Waals surface area contributed by atoms with Crippen LogP contribution in [0.15, 0.2) is 34.2 Å². The van der Waals surface area contributed by atoms with E-state index in [2.05, 4.69) is 20.6 Å². The van der Waals surface area contributed by atoms with Crippen molar-refractivity contribution in [1.29, 1.82) is 0 Å². The van der Waals surface area contributed by atoms with Crippen LogP contribution < -0.4 is 21.9 Å². The number of carbonyl (C=O) groups is 2. The summed E-state index contributed by atoms with van der Waals surface area (Å²) >= 11 is 1.06. The number of nitrogens with zero attached hydrogens (tertiary/aromatic N) is 1. The van der Waals surface area contributed by atoms with Crippen LogP contribution >= 0.6 is 11.8 Å². The molecule has 0 unspecified atom stereocenters. The lowest BCUT2D eigenvalue weighted by atomic mass is 10.1. The second-order valence-corrected chi connectivity index (χ2v) is 6.55. The third-order valence-corrected chi connectivity index (χ3v) is 4.26. The minimum absolute atomic E-state index is 0.106. The Kier molecular flexibility index (Phi) is 6.79. The first-order chi connectivity index (χ1) is 12.4. The van der Waals surface area contributed by atoms with Gasteiger partial charge in [0.15, 0.2) is 11.0 Å². The molecular weight excluding hydrogens is 354 g/mol. The molecule has 2 rings (SSSR count). The summed E-state index contributed by atoms with van der Waals surface area (Å²) in [5.74, 6) is -0.610. The summed E-state index contributed by atoms with van der Waals surface area (Å²) in [6.45, 7) is 4.46. The number of H-pyrrole nitrogens is 1. The van der Waals surface area contributed by atoms with Crippen molar-refractivity contribution in [1.82, 2.24) is 15.3 Å². The molecule has 2 aromatic rings. The Morgan fingerprint density at radius 1 is 1.27 bits per heavy atom. The second-order valence-electron chi connectivity index (χ2n) is 5.59. The summed E-state index contributed by atoms with van der Waals surface area (Å²) in [6, 6.07) is 6.90. The van der Waals surface area contributed by atoms with E-state index in [9.17, 15) is 14.4 Å². The highest BCUT2D eigenvalue weighted by Gasteiger charge is 2.14. The lowest BCUT2D eigenvalue weighted by Gasteiger charge is -2.09. The van der Waals surface area contributed by atoms with Crippen LogP contribution in [0.4, 0.5) is 11.5 Å². The van der Waals surface area contributed by atoms with E-state index < -0.39 is 11.5 Å². The third kappa shape index (κ3) is 5.35. The number of aromatic amines is 1. The average molecular weight is 375 g/mol. The van der Waals surface area contributed by atoms with E-state index in [4.69, 9.17) is 5.73 Å². The highest BCUT2D eigenvalue weighted by atomic mass is 32.2. The van der Waals surface area contributed by atoms with Crippen LogP contribution in [0, 0.1) is 6.92 Å². The predicted molar refractivity (Wildman–Crippen MR) is 102 cm³/mol. The molecule has 0 radical (unpaired) electrons. The van der Waals surface area contributed by atoms with E-state index in [1.54, 1.807) is 24.3 Å². The SMILES string of the molecule is CCCNC(=O)CSc1nc(N)c(NC(=O)c2ccc(C)cc2)c(=O)[nH]1. The van der Waals surface area contributed by atoms with E-state index in [0.717, 1.165) is 23.7 Å². The standard InChI is InChI=1S/C17H21N5O3S/c1-3-8-19-12(23)9-26-17-21-14(18)13(16(25)22-17)20-15(24)11-6-4-10(2)5-7-11/h4-7H,3,8-9H2,1-2H3,(H,19,23)(H,20,24)(H3,18,21,22,25). The van der Waals surface area contributed by atoms with Crippen LogP contribution in [-0.4, -0.2) is 34.1 Å². The molecule has 0 aliphatic heterocycles. The Labute approximate surface area is 155 Å². The van der Waals surface area contributed by atoms with Crippen molar-refractivity contribution >= 4 is 35.1 Å². The number of anilines is 2. The van der Waals surface area contributed by atoms with Gasteiger partial charge in [-0.25, -0.2) is 4.98 Å². The van der Waals surface area contributed by atoms with E-state index in [1.807, 2.05) is 13.8 Å². The fourth-order valence-electron chi connectivity index (χ4n) is 2.00. The molecule has 138 valence electrons. The van der Waals surface area contributed by atoms with Crippen LogP contribution in [0.3, 0.4) is 0 Å². The zero-order valence-corrected chi connectivity index (χ0v) is 15.4. The molecule has 1 aromatic heterocycles. The van der Waals surface area contributed by atoms with Gasteiger partial charge in [-0.15, -0.1) is 0 Å². The van der Waals surface area contributed by atoms with Crippen molar-refractivity contribution in [2.75, 3.05) is 23.3 Å². The maximum absolute atomic E-state index is 12.2. The highest BCUT2D eigenvalue weighted by molar-refractivity contribution is 7.99. The lowest BCUT2D eigenvalue weighted by molar-refractivity contribution is -0.118. The third-order valence-electron chi connectivity index (χ3n) is 3.39. The molecule has 0 atom stereocenters. The molecule has 9 heteroatoms. The topological polar surface area (TPSA) is 130 Å². The summed E-state index contributed by atoms with van der Waals surface area (Å²) in [6.07, 6.45) is 0.841. The van der Waals surface area contributed by atoms with Crippen LogP contribution in [0.1, 0.15) is 29.3 Å². The Morgan fingerprint density at radius 3 is 2.58 bits per heavy atom. The fourth-order valence-corrected chi connectivity index (χ4v) is 2.70. The van der Waals surface area contributed by atoms with Gasteiger partial charge in [0.2, 0.25) is 5.91 Å². The first kappa shape index (κ1) is 19.5. The van der Waals surface area contributed by atoms with Gasteiger partial charge in [-0.2, -0.15) is 0 Å². The molecule has 1 aromatic carbocycles. The van der Waals surface area contributed by atoms with Gasteiger partial charge in [0, 0.05) is 12.1 Å². The van der Waals surface area contributed by atoms with Gasteiger partial charge in [0.05, 0.1) is 5.75 Å². The molecule has 0 bridgehead atoms. The zero-order chi connectivity index (χ0) is 19.1. The number of benzene rings is 1. The number of carbonyl (C=O) groups excluding carboxylic acids is 2. The normalized spacial score (nSPS) is 10.4. The van der Waals surface area contributed by atoms with Crippen LogP contribution in [-0.2, 0) is 4.79 Å². The van der Waals surface area contributed by atoms with Crippen molar-refractivity contribution < 1.29 is 9.59 Å². The summed E-state index contributed by atoms with van der Waals surface area (Å²) < 4.78 is 0. The summed E-state index contributed by atoms with van der Waals surface area (Å²) in [7, 11) is 0. The number of hydrogen-bond acceptors (Lipinski definition) is 6.